The van der Waals surface area contributed by atoms with E-state index in [1.165, 1.54) is 38.5 Å². The maximum absolute atomic E-state index is 8.75. The van der Waals surface area contributed by atoms with Gasteiger partial charge in [-0.25, -0.2) is 0 Å². The van der Waals surface area contributed by atoms with Crippen molar-refractivity contribution in [2.24, 2.45) is 5.92 Å². The highest BCUT2D eigenvalue weighted by Crippen LogP contribution is 2.18. The molecule has 3 heteroatoms. The highest BCUT2D eigenvalue weighted by molar-refractivity contribution is 4.57. The predicted molar refractivity (Wildman–Crippen MR) is 65.8 cm³/mol. The van der Waals surface area contributed by atoms with Gasteiger partial charge < -0.3 is 15.3 Å². The van der Waals surface area contributed by atoms with E-state index in [0.717, 1.165) is 6.42 Å². The molecule has 3 nitrogen and oxygen atoms in total. The highest BCUT2D eigenvalue weighted by atomic mass is 16.7. The Morgan fingerprint density at radius 3 is 2.00 bits per heavy atom. The minimum Gasteiger partial charge on any atom is -0.344 e. The lowest BCUT2D eigenvalue weighted by molar-refractivity contribution is -0.315. The predicted octanol–water partition coefficient (Wildman–Crippen LogP) is 2.78. The number of rotatable bonds is 10. The average molecular weight is 232 g/mol. The first-order chi connectivity index (χ1) is 7.45. The van der Waals surface area contributed by atoms with Crippen LogP contribution in [-0.4, -0.2) is 21.3 Å². The largest absolute Gasteiger partial charge is 0.344 e. The van der Waals surface area contributed by atoms with Gasteiger partial charge in [0, 0.05) is 6.42 Å². The lowest BCUT2D eigenvalue weighted by atomic mass is 9.97. The first-order valence-corrected chi connectivity index (χ1v) is 6.63. The normalized spacial score (nSPS) is 14.1. The van der Waals surface area contributed by atoms with Crippen molar-refractivity contribution < 1.29 is 15.3 Å². The maximum Gasteiger partial charge on any atom is 0.275 e. The fraction of sp³-hybridized carbons (Fsp3) is 1.00. The third kappa shape index (κ3) is 12.0. The number of aliphatic hydroxyl groups is 3. The molecule has 0 bridgehead atoms. The molecule has 0 saturated carbocycles. The Bertz CT molecular complexity index is 152. The van der Waals surface area contributed by atoms with Gasteiger partial charge in [0.1, 0.15) is 0 Å². The third-order valence-corrected chi connectivity index (χ3v) is 3.02. The zero-order chi connectivity index (χ0) is 12.4. The van der Waals surface area contributed by atoms with E-state index in [0.29, 0.717) is 12.3 Å². The summed E-state index contributed by atoms with van der Waals surface area (Å²) in [4.78, 5) is 0. The van der Waals surface area contributed by atoms with Crippen LogP contribution in [0.5, 0.6) is 0 Å². The summed E-state index contributed by atoms with van der Waals surface area (Å²) in [7, 11) is 0. The van der Waals surface area contributed by atoms with Crippen molar-refractivity contribution in [3.8, 4) is 0 Å². The Balaban J connectivity index is 3.27. The standard InChI is InChI=1S/C13H28O3/c1-3-4-5-6-7-8-9-12(2)10-11-13(14,15)16/h12,14-16H,3-11H2,1-2H3. The Hall–Kier alpha value is -0.120. The molecule has 0 heterocycles. The Morgan fingerprint density at radius 1 is 0.875 bits per heavy atom. The monoisotopic (exact) mass is 232 g/mol. The quantitative estimate of drug-likeness (QED) is 0.401. The van der Waals surface area contributed by atoms with Crippen molar-refractivity contribution in [1.29, 1.82) is 0 Å². The van der Waals surface area contributed by atoms with Crippen LogP contribution in [0.2, 0.25) is 0 Å². The molecule has 1 atom stereocenters. The number of unbranched alkanes of at least 4 members (excludes halogenated alkanes) is 5. The lowest BCUT2D eigenvalue weighted by Crippen LogP contribution is -2.27. The second kappa shape index (κ2) is 8.97. The van der Waals surface area contributed by atoms with Gasteiger partial charge in [-0.1, -0.05) is 58.8 Å². The SMILES string of the molecule is CCCCCCCCC(C)CCC(O)(O)O. The Kier molecular flexibility index (Phi) is 8.90. The van der Waals surface area contributed by atoms with E-state index in [1.807, 2.05) is 0 Å². The third-order valence-electron chi connectivity index (χ3n) is 3.02. The van der Waals surface area contributed by atoms with Gasteiger partial charge in [0.15, 0.2) is 0 Å². The molecule has 3 N–H and O–H groups in total. The Labute approximate surface area is 99.5 Å². The topological polar surface area (TPSA) is 60.7 Å². The second-order valence-corrected chi connectivity index (χ2v) is 4.97. The van der Waals surface area contributed by atoms with Crippen LogP contribution >= 0.6 is 0 Å². The molecule has 0 radical (unpaired) electrons. The summed E-state index contributed by atoms with van der Waals surface area (Å²) in [5.41, 5.74) is 0. The minimum absolute atomic E-state index is 0.0456. The van der Waals surface area contributed by atoms with Crippen LogP contribution in [0, 0.1) is 5.92 Å². The van der Waals surface area contributed by atoms with E-state index in [4.69, 9.17) is 15.3 Å². The van der Waals surface area contributed by atoms with E-state index in [9.17, 15) is 0 Å². The molecular formula is C13H28O3. The van der Waals surface area contributed by atoms with Gasteiger partial charge in [0.25, 0.3) is 5.97 Å². The summed E-state index contributed by atoms with van der Waals surface area (Å²) < 4.78 is 0. The van der Waals surface area contributed by atoms with Gasteiger partial charge in [-0.3, -0.25) is 0 Å². The van der Waals surface area contributed by atoms with Gasteiger partial charge in [-0.15, -0.1) is 0 Å². The van der Waals surface area contributed by atoms with Gasteiger partial charge in [0.05, 0.1) is 0 Å². The molecule has 0 aromatic heterocycles. The fourth-order valence-electron chi connectivity index (χ4n) is 1.86. The van der Waals surface area contributed by atoms with Gasteiger partial charge in [-0.05, 0) is 12.3 Å². The summed E-state index contributed by atoms with van der Waals surface area (Å²) in [6.07, 6.45) is 9.56. The molecular weight excluding hydrogens is 204 g/mol. The molecule has 0 aliphatic carbocycles. The van der Waals surface area contributed by atoms with Crippen molar-refractivity contribution >= 4 is 0 Å². The summed E-state index contributed by atoms with van der Waals surface area (Å²) in [5.74, 6) is -2.02. The van der Waals surface area contributed by atoms with Crippen LogP contribution in [0.15, 0.2) is 0 Å². The number of hydrogen-bond donors (Lipinski definition) is 3. The maximum atomic E-state index is 8.75. The molecule has 0 aliphatic heterocycles. The van der Waals surface area contributed by atoms with Crippen LogP contribution in [-0.2, 0) is 0 Å². The zero-order valence-electron chi connectivity index (χ0n) is 10.8. The van der Waals surface area contributed by atoms with Crippen molar-refractivity contribution in [3.05, 3.63) is 0 Å². The first kappa shape index (κ1) is 15.9. The molecule has 0 aromatic carbocycles. The summed E-state index contributed by atoms with van der Waals surface area (Å²) in [6, 6.07) is 0. The van der Waals surface area contributed by atoms with Crippen LogP contribution in [0.1, 0.15) is 71.6 Å². The molecule has 0 amide bonds. The van der Waals surface area contributed by atoms with Crippen molar-refractivity contribution in [2.45, 2.75) is 77.6 Å². The van der Waals surface area contributed by atoms with Crippen LogP contribution in [0.25, 0.3) is 0 Å². The van der Waals surface area contributed by atoms with E-state index in [-0.39, 0.29) is 6.42 Å². The summed E-state index contributed by atoms with van der Waals surface area (Å²) in [5, 5.41) is 26.2. The summed E-state index contributed by atoms with van der Waals surface area (Å²) >= 11 is 0. The molecule has 16 heavy (non-hydrogen) atoms. The minimum atomic E-state index is -2.48. The summed E-state index contributed by atoms with van der Waals surface area (Å²) in [6.45, 7) is 4.31. The van der Waals surface area contributed by atoms with Gasteiger partial charge >= 0.3 is 0 Å². The number of hydrogen-bond acceptors (Lipinski definition) is 3. The van der Waals surface area contributed by atoms with Crippen molar-refractivity contribution in [3.63, 3.8) is 0 Å². The van der Waals surface area contributed by atoms with Gasteiger partial charge in [-0.2, -0.15) is 0 Å². The van der Waals surface area contributed by atoms with E-state index < -0.39 is 5.97 Å². The smallest absolute Gasteiger partial charge is 0.275 e. The Morgan fingerprint density at radius 2 is 1.44 bits per heavy atom. The lowest BCUT2D eigenvalue weighted by Gasteiger charge is -2.17. The molecule has 0 aliphatic rings. The van der Waals surface area contributed by atoms with E-state index >= 15 is 0 Å². The van der Waals surface area contributed by atoms with Gasteiger partial charge in [0.2, 0.25) is 0 Å². The molecule has 1 unspecified atom stereocenters. The van der Waals surface area contributed by atoms with Crippen LogP contribution < -0.4 is 0 Å². The second-order valence-electron chi connectivity index (χ2n) is 4.97. The first-order valence-electron chi connectivity index (χ1n) is 6.63. The fourth-order valence-corrected chi connectivity index (χ4v) is 1.86. The molecule has 0 rings (SSSR count). The average Bonchev–Trinajstić information content (AvgIpc) is 2.19. The van der Waals surface area contributed by atoms with Crippen LogP contribution in [0.4, 0.5) is 0 Å². The molecule has 0 aromatic rings. The molecule has 0 spiro atoms. The molecule has 98 valence electrons. The van der Waals surface area contributed by atoms with Crippen molar-refractivity contribution in [2.75, 3.05) is 0 Å². The molecule has 0 saturated heterocycles. The zero-order valence-corrected chi connectivity index (χ0v) is 10.8. The van der Waals surface area contributed by atoms with Crippen LogP contribution in [0.3, 0.4) is 0 Å². The molecule has 0 fully saturated rings. The van der Waals surface area contributed by atoms with E-state index in [2.05, 4.69) is 13.8 Å². The highest BCUT2D eigenvalue weighted by Gasteiger charge is 2.18. The van der Waals surface area contributed by atoms with E-state index in [1.54, 1.807) is 0 Å². The van der Waals surface area contributed by atoms with Crippen molar-refractivity contribution in [1.82, 2.24) is 0 Å².